The predicted molar refractivity (Wildman–Crippen MR) is 190 cm³/mol. The highest BCUT2D eigenvalue weighted by Gasteiger charge is 2.34. The number of anilines is 2. The summed E-state index contributed by atoms with van der Waals surface area (Å²) >= 11 is 0. The summed E-state index contributed by atoms with van der Waals surface area (Å²) in [7, 11) is 0. The van der Waals surface area contributed by atoms with Gasteiger partial charge in [0, 0.05) is 80.5 Å². The minimum Gasteiger partial charge on any atom is -0.508 e. The van der Waals surface area contributed by atoms with Crippen LogP contribution in [0.4, 0.5) is 15.8 Å². The Morgan fingerprint density at radius 2 is 1.62 bits per heavy atom. The molecule has 3 aliphatic heterocycles. The maximum Gasteiger partial charge on any atom is 0.160 e. The fourth-order valence-electron chi connectivity index (χ4n) is 8.09. The van der Waals surface area contributed by atoms with Gasteiger partial charge in [0.05, 0.1) is 12.3 Å². The van der Waals surface area contributed by atoms with Gasteiger partial charge in [-0.1, -0.05) is 49.4 Å². The molecule has 2 unspecified atom stereocenters. The van der Waals surface area contributed by atoms with Crippen molar-refractivity contribution in [2.75, 3.05) is 62.2 Å². The third-order valence-electron chi connectivity index (χ3n) is 10.8. The van der Waals surface area contributed by atoms with Gasteiger partial charge in [0.25, 0.3) is 0 Å². The number of carbonyl (C=O) groups excluding carboxylic acids is 1. The first kappa shape index (κ1) is 32.2. The number of aryl methyl sites for hydroxylation is 1. The summed E-state index contributed by atoms with van der Waals surface area (Å²) in [6, 6.07) is 27.6. The molecule has 3 aliphatic rings. The average Bonchev–Trinajstić information content (AvgIpc) is 3.12. The number of phenolic OH excluding ortho intramolecular Hbond substituents is 1. The molecule has 0 bridgehead atoms. The second-order valence-corrected chi connectivity index (χ2v) is 13.7. The van der Waals surface area contributed by atoms with E-state index in [1.165, 1.54) is 5.69 Å². The maximum absolute atomic E-state index is 16.0. The minimum atomic E-state index is -0.178. The zero-order chi connectivity index (χ0) is 33.2. The highest BCUT2D eigenvalue weighted by atomic mass is 19.1. The lowest BCUT2D eigenvalue weighted by Gasteiger charge is -2.40. The summed E-state index contributed by atoms with van der Waals surface area (Å²) in [5, 5.41) is 10.1. The lowest BCUT2D eigenvalue weighted by Crippen LogP contribution is -2.49. The van der Waals surface area contributed by atoms with Crippen LogP contribution >= 0.6 is 0 Å². The minimum absolute atomic E-state index is 0.0344. The molecule has 250 valence electrons. The Kier molecular flexibility index (Phi) is 9.40. The van der Waals surface area contributed by atoms with Gasteiger partial charge in [-0.15, -0.1) is 0 Å². The molecule has 3 heterocycles. The summed E-state index contributed by atoms with van der Waals surface area (Å²) in [6.45, 7) is 11.1. The molecule has 0 amide bonds. The van der Waals surface area contributed by atoms with Gasteiger partial charge in [-0.2, -0.15) is 0 Å². The van der Waals surface area contributed by atoms with Gasteiger partial charge in [0.15, 0.2) is 5.78 Å². The maximum atomic E-state index is 16.0. The Balaban J connectivity index is 0.974. The fourth-order valence-corrected chi connectivity index (χ4v) is 8.09. The number of phenols is 1. The molecule has 7 rings (SSSR count). The molecule has 7 heteroatoms. The van der Waals surface area contributed by atoms with Crippen LogP contribution in [0, 0.1) is 11.7 Å². The number of aromatic hydroxyl groups is 1. The smallest absolute Gasteiger partial charge is 0.160 e. The van der Waals surface area contributed by atoms with Crippen molar-refractivity contribution in [1.82, 2.24) is 4.90 Å². The predicted octanol–water partition coefficient (Wildman–Crippen LogP) is 7.64. The molecule has 0 aliphatic carbocycles. The van der Waals surface area contributed by atoms with E-state index in [9.17, 15) is 9.90 Å². The normalized spacial score (nSPS) is 20.3. The molecule has 0 saturated carbocycles. The Bertz CT molecular complexity index is 1750. The molecule has 1 N–H and O–H groups in total. The first-order chi connectivity index (χ1) is 23.4. The lowest BCUT2D eigenvalue weighted by atomic mass is 9.76. The van der Waals surface area contributed by atoms with Crippen molar-refractivity contribution in [3.63, 3.8) is 0 Å². The third-order valence-corrected chi connectivity index (χ3v) is 10.8. The second kappa shape index (κ2) is 14.0. The highest BCUT2D eigenvalue weighted by molar-refractivity contribution is 5.96. The van der Waals surface area contributed by atoms with E-state index >= 15 is 4.39 Å². The third kappa shape index (κ3) is 6.66. The van der Waals surface area contributed by atoms with Crippen LogP contribution in [0.1, 0.15) is 71.1 Å². The number of ether oxygens (including phenoxy) is 1. The topological polar surface area (TPSA) is 56.3 Å². The van der Waals surface area contributed by atoms with Crippen LogP contribution in [-0.4, -0.2) is 68.2 Å². The number of fused-ring (bicyclic) bond motifs is 1. The van der Waals surface area contributed by atoms with E-state index in [2.05, 4.69) is 52.0 Å². The monoisotopic (exact) mass is 647 g/mol. The van der Waals surface area contributed by atoms with E-state index in [1.807, 2.05) is 36.4 Å². The molecular weight excluding hydrogens is 601 g/mol. The van der Waals surface area contributed by atoms with Crippen LogP contribution in [0.2, 0.25) is 0 Å². The summed E-state index contributed by atoms with van der Waals surface area (Å²) in [5.74, 6) is 1.35. The quantitative estimate of drug-likeness (QED) is 0.199. The van der Waals surface area contributed by atoms with Gasteiger partial charge in [-0.25, -0.2) is 4.39 Å². The van der Waals surface area contributed by atoms with Crippen molar-refractivity contribution in [1.29, 1.82) is 0 Å². The van der Waals surface area contributed by atoms with Crippen LogP contribution in [0.5, 0.6) is 11.5 Å². The first-order valence-corrected chi connectivity index (χ1v) is 17.5. The van der Waals surface area contributed by atoms with Gasteiger partial charge in [-0.3, -0.25) is 9.69 Å². The van der Waals surface area contributed by atoms with Crippen LogP contribution in [0.3, 0.4) is 0 Å². The molecule has 2 saturated heterocycles. The summed E-state index contributed by atoms with van der Waals surface area (Å²) in [4.78, 5) is 19.2. The van der Waals surface area contributed by atoms with Gasteiger partial charge in [0.1, 0.15) is 17.3 Å². The second-order valence-electron chi connectivity index (χ2n) is 13.7. The number of piperidine rings is 1. The zero-order valence-corrected chi connectivity index (χ0v) is 28.1. The van der Waals surface area contributed by atoms with Gasteiger partial charge >= 0.3 is 0 Å². The van der Waals surface area contributed by atoms with Gasteiger partial charge < -0.3 is 19.6 Å². The molecule has 48 heavy (non-hydrogen) atoms. The Morgan fingerprint density at radius 1 is 0.854 bits per heavy atom. The van der Waals surface area contributed by atoms with E-state index < -0.39 is 0 Å². The van der Waals surface area contributed by atoms with Crippen LogP contribution in [-0.2, 0) is 6.42 Å². The van der Waals surface area contributed by atoms with Crippen LogP contribution in [0.15, 0.2) is 84.9 Å². The molecule has 2 fully saturated rings. The molecule has 0 aromatic heterocycles. The number of Topliss-reactive ketones (excluding diaryl/α,β-unsaturated/α-hetero) is 1. The Hall–Kier alpha value is -4.36. The van der Waals surface area contributed by atoms with E-state index in [0.29, 0.717) is 24.0 Å². The fraction of sp³-hybridized carbons (Fsp3) is 0.390. The van der Waals surface area contributed by atoms with Crippen molar-refractivity contribution in [2.45, 2.75) is 44.9 Å². The van der Waals surface area contributed by atoms with Crippen molar-refractivity contribution >= 4 is 17.2 Å². The molecule has 2 atom stereocenters. The number of halogens is 1. The Morgan fingerprint density at radius 3 is 2.33 bits per heavy atom. The zero-order valence-electron chi connectivity index (χ0n) is 28.1. The van der Waals surface area contributed by atoms with E-state index in [-0.39, 0.29) is 29.2 Å². The van der Waals surface area contributed by atoms with Gasteiger partial charge in [0.2, 0.25) is 0 Å². The standard InChI is InChI=1S/C41H46FN3O3/c1-3-30-23-33(10-12-35(30)28(2)46)44-21-19-43(20-22-44)26-29-15-17-45(18-16-29)39-14-9-32(24-38(39)42)41-36-13-11-34(47)25-40(36)48-27-37(41)31-7-5-4-6-8-31/h4-14,23-25,29,37,41,47H,3,15-22,26-27H2,1-2H3. The first-order valence-electron chi connectivity index (χ1n) is 17.5. The molecule has 0 radical (unpaired) electrons. The average molecular weight is 648 g/mol. The van der Waals surface area contributed by atoms with Crippen LogP contribution in [0.25, 0.3) is 0 Å². The lowest BCUT2D eigenvalue weighted by molar-refractivity contribution is 0.101. The number of ketones is 1. The van der Waals surface area contributed by atoms with Crippen molar-refractivity contribution in [2.24, 2.45) is 5.92 Å². The Labute approximate surface area is 283 Å². The SMILES string of the molecule is CCc1cc(N2CCN(CC3CCN(c4ccc(C5c6ccc(O)cc6OCC5c5ccccc5)cc4F)CC3)CC2)ccc1C(C)=O. The molecule has 6 nitrogen and oxygen atoms in total. The number of hydrogen-bond donors (Lipinski definition) is 1. The number of piperazine rings is 1. The molecule has 4 aromatic carbocycles. The van der Waals surface area contributed by atoms with Crippen LogP contribution < -0.4 is 14.5 Å². The summed E-state index contributed by atoms with van der Waals surface area (Å²) in [6.07, 6.45) is 2.97. The summed E-state index contributed by atoms with van der Waals surface area (Å²) in [5.41, 5.74) is 6.92. The number of carbonyl (C=O) groups is 1. The summed E-state index contributed by atoms with van der Waals surface area (Å²) < 4.78 is 22.1. The molecule has 4 aromatic rings. The van der Waals surface area contributed by atoms with Crippen molar-refractivity contribution in [3.8, 4) is 11.5 Å². The van der Waals surface area contributed by atoms with E-state index in [0.717, 1.165) is 92.9 Å². The van der Waals surface area contributed by atoms with E-state index in [1.54, 1.807) is 25.1 Å². The van der Waals surface area contributed by atoms with E-state index in [4.69, 9.17) is 4.74 Å². The number of benzene rings is 4. The van der Waals surface area contributed by atoms with Crippen molar-refractivity contribution in [3.05, 3.63) is 119 Å². The highest BCUT2D eigenvalue weighted by Crippen LogP contribution is 2.47. The molecular formula is C41H46FN3O3. The molecule has 0 spiro atoms. The number of nitrogens with zero attached hydrogens (tertiary/aromatic N) is 3. The van der Waals surface area contributed by atoms with Gasteiger partial charge in [-0.05, 0) is 85.2 Å². The number of rotatable bonds is 8. The number of hydrogen-bond acceptors (Lipinski definition) is 6. The largest absolute Gasteiger partial charge is 0.508 e. The van der Waals surface area contributed by atoms with Crippen molar-refractivity contribution < 1.29 is 19.0 Å².